The molecule has 0 saturated heterocycles. The fourth-order valence-corrected chi connectivity index (χ4v) is 3.71. The van der Waals surface area contributed by atoms with Gasteiger partial charge in [0.2, 0.25) is 0 Å². The van der Waals surface area contributed by atoms with E-state index in [0.717, 1.165) is 22.8 Å². The molecule has 6 heteroatoms. The van der Waals surface area contributed by atoms with Crippen LogP contribution in [0, 0.1) is 12.3 Å². The van der Waals surface area contributed by atoms with Crippen LogP contribution in [0.1, 0.15) is 48.1 Å². The SMILES string of the molecule is Cc1nn(-c2ccccn2)c2c1C(=O)CC(C)(C)C2N(C)C.Cl. The van der Waals surface area contributed by atoms with Crippen LogP contribution >= 0.6 is 12.4 Å². The van der Waals surface area contributed by atoms with Crippen LogP contribution in [-0.4, -0.2) is 39.5 Å². The molecule has 1 atom stereocenters. The highest BCUT2D eigenvalue weighted by Crippen LogP contribution is 2.47. The monoisotopic (exact) mass is 334 g/mol. The number of hydrogen-bond donors (Lipinski definition) is 0. The first-order chi connectivity index (χ1) is 10.3. The van der Waals surface area contributed by atoms with Gasteiger partial charge in [-0.3, -0.25) is 4.79 Å². The van der Waals surface area contributed by atoms with Crippen molar-refractivity contribution in [3.63, 3.8) is 0 Å². The third-order valence-electron chi connectivity index (χ3n) is 4.37. The lowest BCUT2D eigenvalue weighted by atomic mass is 9.71. The average molecular weight is 335 g/mol. The molecule has 124 valence electrons. The molecule has 3 rings (SSSR count). The third-order valence-corrected chi connectivity index (χ3v) is 4.37. The molecule has 23 heavy (non-hydrogen) atoms. The summed E-state index contributed by atoms with van der Waals surface area (Å²) in [4.78, 5) is 19.2. The molecule has 1 aliphatic carbocycles. The molecule has 1 aliphatic rings. The van der Waals surface area contributed by atoms with Crippen molar-refractivity contribution in [3.05, 3.63) is 41.3 Å². The van der Waals surface area contributed by atoms with Crippen LogP contribution in [0.2, 0.25) is 0 Å². The normalized spacial score (nSPS) is 19.4. The van der Waals surface area contributed by atoms with Crippen molar-refractivity contribution < 1.29 is 4.79 Å². The lowest BCUT2D eigenvalue weighted by Crippen LogP contribution is -2.40. The molecular weight excluding hydrogens is 312 g/mol. The average Bonchev–Trinajstić information content (AvgIpc) is 2.76. The molecule has 2 aromatic rings. The molecule has 2 aromatic heterocycles. The van der Waals surface area contributed by atoms with Crippen molar-refractivity contribution in [2.45, 2.75) is 33.2 Å². The first kappa shape index (κ1) is 17.6. The molecule has 0 amide bonds. The summed E-state index contributed by atoms with van der Waals surface area (Å²) in [7, 11) is 4.11. The minimum Gasteiger partial charge on any atom is -0.300 e. The molecule has 0 radical (unpaired) electrons. The molecule has 2 heterocycles. The van der Waals surface area contributed by atoms with Crippen molar-refractivity contribution in [3.8, 4) is 5.82 Å². The predicted molar refractivity (Wildman–Crippen MR) is 92.5 cm³/mol. The van der Waals surface area contributed by atoms with Gasteiger partial charge in [-0.1, -0.05) is 19.9 Å². The Morgan fingerprint density at radius 1 is 1.30 bits per heavy atom. The summed E-state index contributed by atoms with van der Waals surface area (Å²) in [6, 6.07) is 5.85. The van der Waals surface area contributed by atoms with Crippen LogP contribution in [-0.2, 0) is 0 Å². The maximum atomic E-state index is 12.6. The Hall–Kier alpha value is -1.72. The third kappa shape index (κ3) is 2.79. The largest absolute Gasteiger partial charge is 0.300 e. The summed E-state index contributed by atoms with van der Waals surface area (Å²) in [6.45, 7) is 6.19. The van der Waals surface area contributed by atoms with Gasteiger partial charge in [-0.2, -0.15) is 5.10 Å². The number of carbonyl (C=O) groups excluding carboxylic acids is 1. The van der Waals surface area contributed by atoms with Gasteiger partial charge >= 0.3 is 0 Å². The molecule has 0 fully saturated rings. The fourth-order valence-electron chi connectivity index (χ4n) is 3.71. The maximum Gasteiger partial charge on any atom is 0.167 e. The second kappa shape index (κ2) is 6.06. The Kier molecular flexibility index (Phi) is 4.64. The lowest BCUT2D eigenvalue weighted by molar-refractivity contribution is 0.0726. The number of fused-ring (bicyclic) bond motifs is 1. The summed E-state index contributed by atoms with van der Waals surface area (Å²) in [5, 5.41) is 4.62. The van der Waals surface area contributed by atoms with Crippen LogP contribution in [0.3, 0.4) is 0 Å². The van der Waals surface area contributed by atoms with Crippen molar-refractivity contribution >= 4 is 18.2 Å². The van der Waals surface area contributed by atoms with Crippen LogP contribution in [0.15, 0.2) is 24.4 Å². The van der Waals surface area contributed by atoms with Crippen molar-refractivity contribution in [2.24, 2.45) is 5.41 Å². The summed E-state index contributed by atoms with van der Waals surface area (Å²) in [6.07, 6.45) is 2.29. The van der Waals surface area contributed by atoms with Crippen molar-refractivity contribution in [2.75, 3.05) is 14.1 Å². The molecular formula is C17H23ClN4O. The number of pyridine rings is 1. The zero-order valence-corrected chi connectivity index (χ0v) is 15.0. The van der Waals surface area contributed by atoms with E-state index in [0.29, 0.717) is 6.42 Å². The summed E-state index contributed by atoms with van der Waals surface area (Å²) in [5.74, 6) is 0.932. The van der Waals surface area contributed by atoms with Gasteiger partial charge in [0.05, 0.1) is 23.0 Å². The number of carbonyl (C=O) groups is 1. The smallest absolute Gasteiger partial charge is 0.167 e. The van der Waals surface area contributed by atoms with Crippen molar-refractivity contribution in [1.82, 2.24) is 19.7 Å². The highest BCUT2D eigenvalue weighted by atomic mass is 35.5. The van der Waals surface area contributed by atoms with Gasteiger partial charge in [0, 0.05) is 12.6 Å². The number of hydrogen-bond acceptors (Lipinski definition) is 4. The van der Waals surface area contributed by atoms with Gasteiger partial charge in [0.25, 0.3) is 0 Å². The van der Waals surface area contributed by atoms with E-state index in [1.165, 1.54) is 0 Å². The number of ketones is 1. The Bertz CT molecular complexity index is 722. The van der Waals surface area contributed by atoms with Crippen LogP contribution in [0.5, 0.6) is 0 Å². The Balaban J connectivity index is 0.00000192. The topological polar surface area (TPSA) is 51.0 Å². The van der Waals surface area contributed by atoms with Crippen LogP contribution in [0.25, 0.3) is 5.82 Å². The first-order valence-electron chi connectivity index (χ1n) is 7.53. The molecule has 0 N–H and O–H groups in total. The van der Waals surface area contributed by atoms with E-state index >= 15 is 0 Å². The van der Waals surface area contributed by atoms with E-state index in [1.54, 1.807) is 6.20 Å². The van der Waals surface area contributed by atoms with E-state index in [2.05, 4.69) is 42.9 Å². The van der Waals surface area contributed by atoms with Gasteiger partial charge in [-0.25, -0.2) is 9.67 Å². The summed E-state index contributed by atoms with van der Waals surface area (Å²) in [5.41, 5.74) is 2.37. The number of rotatable bonds is 2. The van der Waals surface area contributed by atoms with Crippen LogP contribution in [0.4, 0.5) is 0 Å². The summed E-state index contributed by atoms with van der Waals surface area (Å²) >= 11 is 0. The highest BCUT2D eigenvalue weighted by Gasteiger charge is 2.45. The Labute approximate surface area is 143 Å². The lowest BCUT2D eigenvalue weighted by Gasteiger charge is -2.42. The molecule has 0 saturated carbocycles. The molecule has 0 aliphatic heterocycles. The first-order valence-corrected chi connectivity index (χ1v) is 7.53. The number of aryl methyl sites for hydroxylation is 1. The van der Waals surface area contributed by atoms with Gasteiger partial charge < -0.3 is 4.90 Å². The summed E-state index contributed by atoms with van der Waals surface area (Å²) < 4.78 is 1.84. The Morgan fingerprint density at radius 2 is 2.00 bits per heavy atom. The fraction of sp³-hybridized carbons (Fsp3) is 0.471. The quantitative estimate of drug-likeness (QED) is 0.846. The number of halogens is 1. The van der Waals surface area contributed by atoms with E-state index in [1.807, 2.05) is 29.8 Å². The van der Waals surface area contributed by atoms with E-state index in [9.17, 15) is 4.79 Å². The van der Waals surface area contributed by atoms with E-state index < -0.39 is 0 Å². The number of nitrogens with zero attached hydrogens (tertiary/aromatic N) is 4. The minimum atomic E-state index is -0.146. The minimum absolute atomic E-state index is 0. The van der Waals surface area contributed by atoms with E-state index in [4.69, 9.17) is 0 Å². The zero-order chi connectivity index (χ0) is 16.1. The maximum absolute atomic E-state index is 12.6. The van der Waals surface area contributed by atoms with Gasteiger partial charge in [-0.05, 0) is 38.6 Å². The van der Waals surface area contributed by atoms with Crippen molar-refractivity contribution in [1.29, 1.82) is 0 Å². The standard InChI is InChI=1S/C17H22N4O.ClH/c1-11-14-12(22)10-17(2,3)16(20(4)5)15(14)21(19-11)13-8-6-7-9-18-13;/h6-9,16H,10H2,1-5H3;1H. The van der Waals surface area contributed by atoms with Gasteiger partial charge in [-0.15, -0.1) is 12.4 Å². The van der Waals surface area contributed by atoms with Gasteiger partial charge in [0.1, 0.15) is 0 Å². The van der Waals surface area contributed by atoms with Gasteiger partial charge in [0.15, 0.2) is 11.6 Å². The van der Waals surface area contributed by atoms with Crippen LogP contribution < -0.4 is 0 Å². The predicted octanol–water partition coefficient (Wildman–Crippen LogP) is 3.21. The molecule has 5 nitrogen and oxygen atoms in total. The number of aromatic nitrogens is 3. The molecule has 0 aromatic carbocycles. The number of Topliss-reactive ketones (excluding diaryl/α,β-unsaturated/α-hetero) is 1. The second-order valence-electron chi connectivity index (χ2n) is 6.90. The molecule has 0 spiro atoms. The zero-order valence-electron chi connectivity index (χ0n) is 14.2. The Morgan fingerprint density at radius 3 is 2.57 bits per heavy atom. The second-order valence-corrected chi connectivity index (χ2v) is 6.90. The molecule has 0 bridgehead atoms. The van der Waals surface area contributed by atoms with E-state index in [-0.39, 0.29) is 29.6 Å². The molecule has 1 unspecified atom stereocenters. The highest BCUT2D eigenvalue weighted by molar-refractivity contribution is 6.00.